The molecular formula is C20H25FN2O5S2. The summed E-state index contributed by atoms with van der Waals surface area (Å²) in [6.45, 7) is 3.17. The lowest BCUT2D eigenvalue weighted by Gasteiger charge is -2.18. The Morgan fingerprint density at radius 2 is 1.90 bits per heavy atom. The SMILES string of the molecule is CCS(=O)(=O)CCCOc1ccc(NS(=O)(=O)c2ccc3c(c2)CCNC3)c(F)c1. The fourth-order valence-electron chi connectivity index (χ4n) is 3.11. The average Bonchev–Trinajstić information content (AvgIpc) is 2.72. The average molecular weight is 457 g/mol. The highest BCUT2D eigenvalue weighted by Crippen LogP contribution is 2.25. The third-order valence-corrected chi connectivity index (χ3v) is 8.02. The number of anilines is 1. The summed E-state index contributed by atoms with van der Waals surface area (Å²) in [6.07, 6.45) is 1.03. The third kappa shape index (κ3) is 5.71. The van der Waals surface area contributed by atoms with E-state index in [4.69, 9.17) is 4.74 Å². The molecular weight excluding hydrogens is 431 g/mol. The molecule has 0 radical (unpaired) electrons. The van der Waals surface area contributed by atoms with Gasteiger partial charge in [0.05, 0.1) is 22.9 Å². The number of hydrogen-bond acceptors (Lipinski definition) is 6. The van der Waals surface area contributed by atoms with E-state index in [1.807, 2.05) is 0 Å². The molecule has 0 amide bonds. The largest absolute Gasteiger partial charge is 0.493 e. The molecule has 2 aromatic rings. The van der Waals surface area contributed by atoms with Crippen molar-refractivity contribution in [2.75, 3.05) is 29.4 Å². The van der Waals surface area contributed by atoms with Gasteiger partial charge in [-0.3, -0.25) is 4.72 Å². The molecule has 1 aliphatic rings. The predicted octanol–water partition coefficient (Wildman–Crippen LogP) is 2.48. The molecule has 0 spiro atoms. The zero-order valence-corrected chi connectivity index (χ0v) is 18.3. The summed E-state index contributed by atoms with van der Waals surface area (Å²) in [7, 11) is -7.02. The number of halogens is 1. The topological polar surface area (TPSA) is 102 Å². The molecule has 0 aliphatic carbocycles. The van der Waals surface area contributed by atoms with Crippen LogP contribution in [-0.4, -0.2) is 41.5 Å². The van der Waals surface area contributed by atoms with Crippen LogP contribution in [0.5, 0.6) is 5.75 Å². The van der Waals surface area contributed by atoms with Crippen LogP contribution in [0.25, 0.3) is 0 Å². The number of ether oxygens (including phenoxy) is 1. The highest BCUT2D eigenvalue weighted by Gasteiger charge is 2.19. The first-order valence-corrected chi connectivity index (χ1v) is 13.0. The Bertz CT molecular complexity index is 1120. The molecule has 7 nitrogen and oxygen atoms in total. The number of fused-ring (bicyclic) bond motifs is 1. The van der Waals surface area contributed by atoms with Gasteiger partial charge in [-0.2, -0.15) is 0 Å². The summed E-state index contributed by atoms with van der Waals surface area (Å²) >= 11 is 0. The van der Waals surface area contributed by atoms with Gasteiger partial charge in [0.15, 0.2) is 5.82 Å². The van der Waals surface area contributed by atoms with Gasteiger partial charge in [0.2, 0.25) is 0 Å². The van der Waals surface area contributed by atoms with Crippen molar-refractivity contribution in [1.82, 2.24) is 5.32 Å². The van der Waals surface area contributed by atoms with Gasteiger partial charge < -0.3 is 10.1 Å². The molecule has 1 aliphatic heterocycles. The van der Waals surface area contributed by atoms with Crippen LogP contribution in [0.1, 0.15) is 24.5 Å². The number of hydrogen-bond donors (Lipinski definition) is 2. The van der Waals surface area contributed by atoms with Gasteiger partial charge in [-0.1, -0.05) is 13.0 Å². The molecule has 0 saturated carbocycles. The lowest BCUT2D eigenvalue weighted by Crippen LogP contribution is -2.24. The van der Waals surface area contributed by atoms with E-state index in [9.17, 15) is 21.2 Å². The van der Waals surface area contributed by atoms with Crippen molar-refractivity contribution in [2.24, 2.45) is 0 Å². The normalized spacial score (nSPS) is 14.2. The van der Waals surface area contributed by atoms with Gasteiger partial charge in [0, 0.05) is 18.4 Å². The first kappa shape index (κ1) is 22.5. The maximum absolute atomic E-state index is 14.4. The second kappa shape index (κ2) is 9.32. The van der Waals surface area contributed by atoms with E-state index in [2.05, 4.69) is 10.0 Å². The van der Waals surface area contributed by atoms with Crippen LogP contribution in [0.4, 0.5) is 10.1 Å². The molecule has 10 heteroatoms. The second-order valence-electron chi connectivity index (χ2n) is 7.04. The standard InChI is InChI=1S/C20H25FN2O5S2/c1-2-29(24,25)11-3-10-28-17-5-7-20(19(21)13-17)23-30(26,27)18-6-4-16-14-22-9-8-15(16)12-18/h4-7,12-13,22-23H,2-3,8-11,14H2,1H3. The van der Waals surface area contributed by atoms with Crippen LogP contribution in [0.3, 0.4) is 0 Å². The lowest BCUT2D eigenvalue weighted by molar-refractivity contribution is 0.316. The maximum atomic E-state index is 14.4. The summed E-state index contributed by atoms with van der Waals surface area (Å²) in [5.41, 5.74) is 1.83. The van der Waals surface area contributed by atoms with Gasteiger partial charge in [-0.15, -0.1) is 0 Å². The van der Waals surface area contributed by atoms with Crippen LogP contribution >= 0.6 is 0 Å². The van der Waals surface area contributed by atoms with E-state index in [0.717, 1.165) is 30.2 Å². The van der Waals surface area contributed by atoms with Gasteiger partial charge in [0.25, 0.3) is 10.0 Å². The minimum Gasteiger partial charge on any atom is -0.493 e. The van der Waals surface area contributed by atoms with E-state index >= 15 is 0 Å². The third-order valence-electron chi connectivity index (χ3n) is 4.87. The Morgan fingerprint density at radius 1 is 1.10 bits per heavy atom. The molecule has 0 saturated heterocycles. The number of benzene rings is 2. The van der Waals surface area contributed by atoms with E-state index in [0.29, 0.717) is 13.0 Å². The predicted molar refractivity (Wildman–Crippen MR) is 114 cm³/mol. The number of nitrogens with one attached hydrogen (secondary N) is 2. The molecule has 0 atom stereocenters. The van der Waals surface area contributed by atoms with Crippen molar-refractivity contribution in [1.29, 1.82) is 0 Å². The van der Waals surface area contributed by atoms with Crippen LogP contribution < -0.4 is 14.8 Å². The van der Waals surface area contributed by atoms with Crippen molar-refractivity contribution in [2.45, 2.75) is 31.2 Å². The van der Waals surface area contributed by atoms with E-state index in [-0.39, 0.29) is 34.4 Å². The molecule has 0 bridgehead atoms. The summed E-state index contributed by atoms with van der Waals surface area (Å²) in [4.78, 5) is 0.0833. The molecule has 2 aromatic carbocycles. The Hall–Kier alpha value is -2.17. The Morgan fingerprint density at radius 3 is 2.63 bits per heavy atom. The van der Waals surface area contributed by atoms with E-state index < -0.39 is 25.7 Å². The zero-order valence-electron chi connectivity index (χ0n) is 16.6. The number of sulfone groups is 1. The minimum absolute atomic E-state index is 0.000700. The van der Waals surface area contributed by atoms with Gasteiger partial charge in [-0.05, 0) is 54.8 Å². The van der Waals surface area contributed by atoms with Gasteiger partial charge in [0.1, 0.15) is 15.6 Å². The molecule has 2 N–H and O–H groups in total. The van der Waals surface area contributed by atoms with Crippen LogP contribution in [0, 0.1) is 5.82 Å². The first-order valence-electron chi connectivity index (χ1n) is 9.68. The number of rotatable bonds is 9. The smallest absolute Gasteiger partial charge is 0.261 e. The van der Waals surface area contributed by atoms with Crippen LogP contribution in [0.2, 0.25) is 0 Å². The summed E-state index contributed by atoms with van der Waals surface area (Å²) < 4.78 is 70.3. The number of sulfonamides is 1. The Kier molecular flexibility index (Phi) is 6.99. The van der Waals surface area contributed by atoms with Crippen molar-refractivity contribution in [3.05, 3.63) is 53.3 Å². The van der Waals surface area contributed by atoms with Crippen molar-refractivity contribution < 1.29 is 26.0 Å². The van der Waals surface area contributed by atoms with Gasteiger partial charge >= 0.3 is 0 Å². The highest BCUT2D eigenvalue weighted by molar-refractivity contribution is 7.92. The highest BCUT2D eigenvalue weighted by atomic mass is 32.2. The summed E-state index contributed by atoms with van der Waals surface area (Å²) in [5, 5.41) is 3.22. The van der Waals surface area contributed by atoms with Crippen molar-refractivity contribution in [3.63, 3.8) is 0 Å². The Labute approximate surface area is 176 Å². The van der Waals surface area contributed by atoms with Crippen molar-refractivity contribution in [3.8, 4) is 5.75 Å². The van der Waals surface area contributed by atoms with Crippen molar-refractivity contribution >= 4 is 25.5 Å². The molecule has 0 fully saturated rings. The van der Waals surface area contributed by atoms with E-state index in [1.54, 1.807) is 19.1 Å². The van der Waals surface area contributed by atoms with Gasteiger partial charge in [-0.25, -0.2) is 21.2 Å². The van der Waals surface area contributed by atoms with Crippen LogP contribution in [0.15, 0.2) is 41.3 Å². The molecule has 30 heavy (non-hydrogen) atoms. The molecule has 0 unspecified atom stereocenters. The fourth-order valence-corrected chi connectivity index (χ4v) is 5.07. The van der Waals surface area contributed by atoms with E-state index in [1.165, 1.54) is 18.2 Å². The maximum Gasteiger partial charge on any atom is 0.261 e. The molecule has 0 aromatic heterocycles. The Balaban J connectivity index is 1.65. The zero-order chi connectivity index (χ0) is 21.8. The molecule has 164 valence electrons. The summed E-state index contributed by atoms with van der Waals surface area (Å²) in [6, 6.07) is 8.69. The monoisotopic (exact) mass is 456 g/mol. The molecule has 3 rings (SSSR count). The molecule has 1 heterocycles. The first-order chi connectivity index (χ1) is 14.2. The fraction of sp³-hybridized carbons (Fsp3) is 0.400. The summed E-state index contributed by atoms with van der Waals surface area (Å²) in [5.74, 6) is -0.511. The quantitative estimate of drug-likeness (QED) is 0.562. The minimum atomic E-state index is -3.94. The van der Waals surface area contributed by atoms with Crippen LogP contribution in [-0.2, 0) is 32.8 Å². The lowest BCUT2D eigenvalue weighted by atomic mass is 10.0. The second-order valence-corrected chi connectivity index (χ2v) is 11.2.